The molecule has 1 saturated heterocycles. The number of hydrogen-bond acceptors (Lipinski definition) is 4. The summed E-state index contributed by atoms with van der Waals surface area (Å²) < 4.78 is 0. The van der Waals surface area contributed by atoms with Crippen LogP contribution in [0.2, 0.25) is 0 Å². The number of hydrogen-bond donors (Lipinski definition) is 1. The molecule has 0 atom stereocenters. The fraction of sp³-hybridized carbons (Fsp3) is 0.667. The molecule has 5 heteroatoms. The van der Waals surface area contributed by atoms with Crippen molar-refractivity contribution in [1.29, 1.82) is 0 Å². The van der Waals surface area contributed by atoms with Crippen molar-refractivity contribution < 1.29 is 4.79 Å². The van der Waals surface area contributed by atoms with E-state index in [4.69, 9.17) is 0 Å². The smallest absolute Gasteiger partial charge is 0.225 e. The van der Waals surface area contributed by atoms with Gasteiger partial charge in [-0.3, -0.25) is 4.79 Å². The molecular formula is C15H24N4O. The summed E-state index contributed by atoms with van der Waals surface area (Å²) in [6, 6.07) is 2.42. The quantitative estimate of drug-likeness (QED) is 0.906. The van der Waals surface area contributed by atoms with Crippen LogP contribution in [0.15, 0.2) is 12.3 Å². The minimum Gasteiger partial charge on any atom is -0.342 e. The fourth-order valence-electron chi connectivity index (χ4n) is 2.52. The Morgan fingerprint density at radius 1 is 1.45 bits per heavy atom. The van der Waals surface area contributed by atoms with Crippen molar-refractivity contribution in [2.24, 2.45) is 5.92 Å². The molecule has 1 aromatic heterocycles. The number of likely N-dealkylation sites (tertiary alicyclic amines) is 1. The Morgan fingerprint density at radius 2 is 2.15 bits per heavy atom. The first-order valence-electron chi connectivity index (χ1n) is 7.37. The largest absolute Gasteiger partial charge is 0.342 e. The zero-order valence-corrected chi connectivity index (χ0v) is 12.6. The van der Waals surface area contributed by atoms with Crippen LogP contribution in [0.5, 0.6) is 0 Å². The van der Waals surface area contributed by atoms with Crippen LogP contribution in [0.4, 0.5) is 0 Å². The fourth-order valence-corrected chi connectivity index (χ4v) is 2.52. The summed E-state index contributed by atoms with van der Waals surface area (Å²) in [6.07, 6.45) is 3.83. The van der Waals surface area contributed by atoms with Crippen LogP contribution in [-0.2, 0) is 11.3 Å². The van der Waals surface area contributed by atoms with E-state index >= 15 is 0 Å². The Labute approximate surface area is 120 Å². The maximum absolute atomic E-state index is 11.9. The Morgan fingerprint density at radius 3 is 2.75 bits per heavy atom. The van der Waals surface area contributed by atoms with Crippen LogP contribution in [-0.4, -0.2) is 39.9 Å². The van der Waals surface area contributed by atoms with E-state index in [0.29, 0.717) is 6.04 Å². The number of nitrogens with one attached hydrogen (secondary N) is 1. The second kappa shape index (κ2) is 6.79. The highest BCUT2D eigenvalue weighted by Crippen LogP contribution is 2.13. The number of amides is 1. The van der Waals surface area contributed by atoms with Crippen molar-refractivity contribution >= 4 is 5.91 Å². The molecule has 1 amide bonds. The molecule has 0 aliphatic carbocycles. The number of aromatic nitrogens is 2. The van der Waals surface area contributed by atoms with Crippen molar-refractivity contribution in [2.75, 3.05) is 13.1 Å². The Balaban J connectivity index is 1.76. The first kappa shape index (κ1) is 14.9. The van der Waals surface area contributed by atoms with Crippen molar-refractivity contribution in [2.45, 2.75) is 46.2 Å². The predicted octanol–water partition coefficient (Wildman–Crippen LogP) is 1.52. The Bertz CT molecular complexity index is 453. The van der Waals surface area contributed by atoms with E-state index in [9.17, 15) is 4.79 Å². The third-order valence-electron chi connectivity index (χ3n) is 3.71. The van der Waals surface area contributed by atoms with Gasteiger partial charge in [-0.2, -0.15) is 0 Å². The topological polar surface area (TPSA) is 58.1 Å². The number of piperidine rings is 1. The standard InChI is InChI=1S/C15H24N4O/c1-11(2)15(20)19-8-5-13(6-9-19)17-10-14-4-7-16-12(3)18-14/h4,7,11,13,17H,5-6,8-10H2,1-3H3. The summed E-state index contributed by atoms with van der Waals surface area (Å²) in [5, 5.41) is 3.53. The second-order valence-electron chi connectivity index (χ2n) is 5.73. The summed E-state index contributed by atoms with van der Waals surface area (Å²) in [5.74, 6) is 1.18. The van der Waals surface area contributed by atoms with E-state index < -0.39 is 0 Å². The second-order valence-corrected chi connectivity index (χ2v) is 5.73. The van der Waals surface area contributed by atoms with Gasteiger partial charge < -0.3 is 10.2 Å². The van der Waals surface area contributed by atoms with Gasteiger partial charge >= 0.3 is 0 Å². The average molecular weight is 276 g/mol. The first-order valence-corrected chi connectivity index (χ1v) is 7.37. The summed E-state index contributed by atoms with van der Waals surface area (Å²) in [4.78, 5) is 22.4. The molecule has 0 spiro atoms. The third kappa shape index (κ3) is 4.00. The molecule has 1 fully saturated rings. The van der Waals surface area contributed by atoms with Gasteiger partial charge in [-0.1, -0.05) is 13.8 Å². The van der Waals surface area contributed by atoms with Gasteiger partial charge in [0.25, 0.3) is 0 Å². The maximum atomic E-state index is 11.9. The lowest BCUT2D eigenvalue weighted by atomic mass is 10.0. The molecule has 0 unspecified atom stereocenters. The summed E-state index contributed by atoms with van der Waals surface area (Å²) in [7, 11) is 0. The maximum Gasteiger partial charge on any atom is 0.225 e. The van der Waals surface area contributed by atoms with E-state index in [0.717, 1.165) is 44.0 Å². The number of aryl methyl sites for hydroxylation is 1. The number of carbonyl (C=O) groups is 1. The molecule has 1 aliphatic rings. The van der Waals surface area contributed by atoms with Crippen molar-refractivity contribution in [3.05, 3.63) is 23.8 Å². The lowest BCUT2D eigenvalue weighted by Gasteiger charge is -2.33. The molecule has 0 saturated carbocycles. The SMILES string of the molecule is Cc1nccc(CNC2CCN(C(=O)C(C)C)CC2)n1. The molecule has 1 aromatic rings. The van der Waals surface area contributed by atoms with Crippen molar-refractivity contribution in [1.82, 2.24) is 20.2 Å². The van der Waals surface area contributed by atoms with Crippen LogP contribution in [0, 0.1) is 12.8 Å². The van der Waals surface area contributed by atoms with Crippen LogP contribution in [0.25, 0.3) is 0 Å². The van der Waals surface area contributed by atoms with Crippen molar-refractivity contribution in [3.8, 4) is 0 Å². The van der Waals surface area contributed by atoms with Gasteiger partial charge in [0.1, 0.15) is 5.82 Å². The Kier molecular flexibility index (Phi) is 5.06. The minimum atomic E-state index is 0.100. The van der Waals surface area contributed by atoms with Crippen LogP contribution >= 0.6 is 0 Å². The zero-order chi connectivity index (χ0) is 14.5. The monoisotopic (exact) mass is 276 g/mol. The summed E-state index contributed by atoms with van der Waals surface area (Å²) in [6.45, 7) is 8.31. The third-order valence-corrected chi connectivity index (χ3v) is 3.71. The number of nitrogens with zero attached hydrogens (tertiary/aromatic N) is 3. The molecule has 2 rings (SSSR count). The highest BCUT2D eigenvalue weighted by atomic mass is 16.2. The highest BCUT2D eigenvalue weighted by Gasteiger charge is 2.23. The van der Waals surface area contributed by atoms with E-state index in [-0.39, 0.29) is 11.8 Å². The Hall–Kier alpha value is -1.49. The number of rotatable bonds is 4. The number of carbonyl (C=O) groups excluding carboxylic acids is 1. The van der Waals surface area contributed by atoms with Gasteiger partial charge in [0.2, 0.25) is 5.91 Å². The summed E-state index contributed by atoms with van der Waals surface area (Å²) in [5.41, 5.74) is 1.03. The lowest BCUT2D eigenvalue weighted by Crippen LogP contribution is -2.46. The van der Waals surface area contributed by atoms with Gasteiger partial charge in [0.05, 0.1) is 5.69 Å². The molecule has 1 aliphatic heterocycles. The summed E-state index contributed by atoms with van der Waals surface area (Å²) >= 11 is 0. The van der Waals surface area contributed by atoms with Gasteiger partial charge in [-0.25, -0.2) is 9.97 Å². The molecule has 110 valence electrons. The van der Waals surface area contributed by atoms with Gasteiger partial charge in [-0.15, -0.1) is 0 Å². The molecule has 2 heterocycles. The lowest BCUT2D eigenvalue weighted by molar-refractivity contribution is -0.135. The molecule has 0 radical (unpaired) electrons. The zero-order valence-electron chi connectivity index (χ0n) is 12.6. The molecule has 5 nitrogen and oxygen atoms in total. The molecular weight excluding hydrogens is 252 g/mol. The van der Waals surface area contributed by atoms with E-state index in [2.05, 4.69) is 15.3 Å². The van der Waals surface area contributed by atoms with Gasteiger partial charge in [-0.05, 0) is 25.8 Å². The normalized spacial score (nSPS) is 16.7. The van der Waals surface area contributed by atoms with Crippen LogP contribution in [0.3, 0.4) is 0 Å². The van der Waals surface area contributed by atoms with E-state index in [1.165, 1.54) is 0 Å². The molecule has 20 heavy (non-hydrogen) atoms. The van der Waals surface area contributed by atoms with Gasteiger partial charge in [0.15, 0.2) is 0 Å². The van der Waals surface area contributed by atoms with Crippen LogP contribution in [0.1, 0.15) is 38.2 Å². The van der Waals surface area contributed by atoms with E-state index in [1.54, 1.807) is 6.20 Å². The van der Waals surface area contributed by atoms with Crippen LogP contribution < -0.4 is 5.32 Å². The highest BCUT2D eigenvalue weighted by molar-refractivity contribution is 5.78. The molecule has 0 bridgehead atoms. The average Bonchev–Trinajstić information content (AvgIpc) is 2.45. The van der Waals surface area contributed by atoms with Crippen molar-refractivity contribution in [3.63, 3.8) is 0 Å². The molecule has 0 aromatic carbocycles. The molecule has 1 N–H and O–H groups in total. The van der Waals surface area contributed by atoms with E-state index in [1.807, 2.05) is 31.7 Å². The predicted molar refractivity (Wildman–Crippen MR) is 78.0 cm³/mol. The first-order chi connectivity index (χ1) is 9.56. The minimum absolute atomic E-state index is 0.100. The van der Waals surface area contributed by atoms with Gasteiger partial charge in [0, 0.05) is 37.8 Å².